The van der Waals surface area contributed by atoms with Crippen LogP contribution in [-0.4, -0.2) is 25.9 Å². The first kappa shape index (κ1) is 6.01. The van der Waals surface area contributed by atoms with Crippen molar-refractivity contribution >= 4 is 0 Å². The van der Waals surface area contributed by atoms with E-state index in [0.717, 1.165) is 13.0 Å². The molecule has 0 aliphatic carbocycles. The van der Waals surface area contributed by atoms with Gasteiger partial charge >= 0.3 is 0 Å². The number of ether oxygens (including phenoxy) is 1. The highest BCUT2D eigenvalue weighted by atomic mass is 16.5. The van der Waals surface area contributed by atoms with Crippen molar-refractivity contribution in [2.45, 2.75) is 18.7 Å². The number of nitrogens with two attached hydrogens (primary N) is 1. The molecule has 1 aliphatic rings. The fourth-order valence-corrected chi connectivity index (χ4v) is 0.953. The molecule has 3 nitrogen and oxygen atoms in total. The van der Waals surface area contributed by atoms with Gasteiger partial charge in [0.1, 0.15) is 6.23 Å². The monoisotopic (exact) mass is 116 g/mol. The molecular weight excluding hydrogens is 104 g/mol. The van der Waals surface area contributed by atoms with Crippen LogP contribution in [0.25, 0.3) is 0 Å². The number of hydrogen-bond donors (Lipinski definition) is 2. The quantitative estimate of drug-likeness (QED) is 0.475. The largest absolute Gasteiger partial charge is 0.365 e. The van der Waals surface area contributed by atoms with Crippen LogP contribution in [0, 0.1) is 0 Å². The lowest BCUT2D eigenvalue weighted by Crippen LogP contribution is -2.37. The normalized spacial score (nSPS) is 38.2. The van der Waals surface area contributed by atoms with E-state index in [9.17, 15) is 0 Å². The van der Waals surface area contributed by atoms with Crippen molar-refractivity contribution in [3.8, 4) is 0 Å². The maximum absolute atomic E-state index is 5.60. The SMILES string of the molecule is COC1NCCC1N. The second kappa shape index (κ2) is 2.44. The van der Waals surface area contributed by atoms with E-state index in [1.54, 1.807) is 7.11 Å². The molecule has 1 rings (SSSR count). The zero-order chi connectivity index (χ0) is 5.98. The molecule has 0 aromatic rings. The molecule has 0 spiro atoms. The Kier molecular flexibility index (Phi) is 1.83. The molecule has 0 bridgehead atoms. The van der Waals surface area contributed by atoms with Crippen LogP contribution in [0.5, 0.6) is 0 Å². The van der Waals surface area contributed by atoms with Crippen molar-refractivity contribution in [2.75, 3.05) is 13.7 Å². The lowest BCUT2D eigenvalue weighted by atomic mass is 10.3. The van der Waals surface area contributed by atoms with E-state index in [0.29, 0.717) is 0 Å². The predicted molar refractivity (Wildman–Crippen MR) is 31.4 cm³/mol. The third-order valence-electron chi connectivity index (χ3n) is 1.47. The summed E-state index contributed by atoms with van der Waals surface area (Å²) in [4.78, 5) is 0. The molecule has 3 N–H and O–H groups in total. The Hall–Kier alpha value is -0.120. The topological polar surface area (TPSA) is 47.3 Å². The van der Waals surface area contributed by atoms with Crippen LogP contribution in [0.15, 0.2) is 0 Å². The van der Waals surface area contributed by atoms with Gasteiger partial charge in [0.15, 0.2) is 0 Å². The molecule has 2 unspecified atom stereocenters. The van der Waals surface area contributed by atoms with Gasteiger partial charge in [-0.25, -0.2) is 0 Å². The summed E-state index contributed by atoms with van der Waals surface area (Å²) in [6.45, 7) is 0.986. The summed E-state index contributed by atoms with van der Waals surface area (Å²) in [5.41, 5.74) is 5.60. The van der Waals surface area contributed by atoms with Crippen molar-refractivity contribution in [3.63, 3.8) is 0 Å². The van der Waals surface area contributed by atoms with E-state index in [4.69, 9.17) is 10.5 Å². The van der Waals surface area contributed by atoms with E-state index in [1.165, 1.54) is 0 Å². The molecule has 0 aromatic carbocycles. The lowest BCUT2D eigenvalue weighted by Gasteiger charge is -2.11. The molecule has 2 atom stereocenters. The first-order valence-corrected chi connectivity index (χ1v) is 2.86. The Labute approximate surface area is 49.2 Å². The zero-order valence-corrected chi connectivity index (χ0v) is 5.05. The van der Waals surface area contributed by atoms with Crippen molar-refractivity contribution in [2.24, 2.45) is 5.73 Å². The summed E-state index contributed by atoms with van der Waals surface area (Å²) in [5.74, 6) is 0. The second-order valence-corrected chi connectivity index (χ2v) is 2.06. The third kappa shape index (κ3) is 0.992. The summed E-state index contributed by atoms with van der Waals surface area (Å²) in [5, 5.41) is 3.11. The van der Waals surface area contributed by atoms with E-state index in [1.807, 2.05) is 0 Å². The molecule has 3 heteroatoms. The summed E-state index contributed by atoms with van der Waals surface area (Å²) < 4.78 is 4.99. The van der Waals surface area contributed by atoms with Crippen LogP contribution in [-0.2, 0) is 4.74 Å². The molecule has 1 aliphatic heterocycles. The van der Waals surface area contributed by atoms with Crippen molar-refractivity contribution in [1.82, 2.24) is 5.32 Å². The van der Waals surface area contributed by atoms with Gasteiger partial charge in [-0.1, -0.05) is 0 Å². The highest BCUT2D eigenvalue weighted by Gasteiger charge is 2.21. The smallest absolute Gasteiger partial charge is 0.123 e. The molecule has 0 saturated carbocycles. The fourth-order valence-electron chi connectivity index (χ4n) is 0.953. The first-order valence-electron chi connectivity index (χ1n) is 2.86. The van der Waals surface area contributed by atoms with Crippen LogP contribution in [0.1, 0.15) is 6.42 Å². The molecule has 1 saturated heterocycles. The Bertz CT molecular complexity index is 76.8. The standard InChI is InChI=1S/C5H12N2O/c1-8-5-4(6)2-3-7-5/h4-5,7H,2-3,6H2,1H3. The molecule has 48 valence electrons. The number of methoxy groups -OCH3 is 1. The van der Waals surface area contributed by atoms with Gasteiger partial charge in [0.2, 0.25) is 0 Å². The Balaban J connectivity index is 2.30. The molecule has 8 heavy (non-hydrogen) atoms. The van der Waals surface area contributed by atoms with Gasteiger partial charge in [-0.05, 0) is 13.0 Å². The van der Waals surface area contributed by atoms with Gasteiger partial charge in [0.05, 0.1) is 0 Å². The van der Waals surface area contributed by atoms with Gasteiger partial charge < -0.3 is 10.5 Å². The minimum atomic E-state index is 0.0926. The molecule has 0 aromatic heterocycles. The molecule has 0 radical (unpaired) electrons. The summed E-state index contributed by atoms with van der Waals surface area (Å²) in [7, 11) is 1.67. The first-order chi connectivity index (χ1) is 3.84. The summed E-state index contributed by atoms with van der Waals surface area (Å²) >= 11 is 0. The molecule has 0 amide bonds. The van der Waals surface area contributed by atoms with Crippen molar-refractivity contribution in [1.29, 1.82) is 0 Å². The van der Waals surface area contributed by atoms with Gasteiger partial charge in [-0.15, -0.1) is 0 Å². The third-order valence-corrected chi connectivity index (χ3v) is 1.47. The molecular formula is C5H12N2O. The zero-order valence-electron chi connectivity index (χ0n) is 5.05. The maximum atomic E-state index is 5.60. The predicted octanol–water partition coefficient (Wildman–Crippen LogP) is -0.720. The van der Waals surface area contributed by atoms with Gasteiger partial charge in [-0.2, -0.15) is 0 Å². The lowest BCUT2D eigenvalue weighted by molar-refractivity contribution is 0.0787. The van der Waals surface area contributed by atoms with Crippen molar-refractivity contribution in [3.05, 3.63) is 0 Å². The summed E-state index contributed by atoms with van der Waals surface area (Å²) in [6.07, 6.45) is 1.12. The average Bonchev–Trinajstić information content (AvgIpc) is 2.14. The number of rotatable bonds is 1. The van der Waals surface area contributed by atoms with Crippen LogP contribution >= 0.6 is 0 Å². The van der Waals surface area contributed by atoms with Crippen molar-refractivity contribution < 1.29 is 4.74 Å². The minimum absolute atomic E-state index is 0.0926. The highest BCUT2D eigenvalue weighted by molar-refractivity contribution is 4.78. The average molecular weight is 116 g/mol. The van der Waals surface area contributed by atoms with Crippen LogP contribution in [0.4, 0.5) is 0 Å². The molecule has 1 fully saturated rings. The van der Waals surface area contributed by atoms with Gasteiger partial charge in [0, 0.05) is 13.2 Å². The molecule has 1 heterocycles. The van der Waals surface area contributed by atoms with E-state index < -0.39 is 0 Å². The summed E-state index contributed by atoms with van der Waals surface area (Å²) in [6, 6.07) is 0.194. The minimum Gasteiger partial charge on any atom is -0.365 e. The second-order valence-electron chi connectivity index (χ2n) is 2.06. The Morgan fingerprint density at radius 1 is 1.75 bits per heavy atom. The van der Waals surface area contributed by atoms with Gasteiger partial charge in [0.25, 0.3) is 0 Å². The van der Waals surface area contributed by atoms with Gasteiger partial charge in [-0.3, -0.25) is 5.32 Å². The number of hydrogen-bond acceptors (Lipinski definition) is 3. The van der Waals surface area contributed by atoms with Crippen LogP contribution < -0.4 is 11.1 Å². The Morgan fingerprint density at radius 2 is 2.50 bits per heavy atom. The van der Waals surface area contributed by atoms with E-state index in [-0.39, 0.29) is 12.3 Å². The van der Waals surface area contributed by atoms with E-state index in [2.05, 4.69) is 5.32 Å². The Morgan fingerprint density at radius 3 is 2.75 bits per heavy atom. The maximum Gasteiger partial charge on any atom is 0.123 e. The number of nitrogens with one attached hydrogen (secondary N) is 1. The van der Waals surface area contributed by atoms with Crippen LogP contribution in [0.2, 0.25) is 0 Å². The van der Waals surface area contributed by atoms with E-state index >= 15 is 0 Å². The fraction of sp³-hybridized carbons (Fsp3) is 1.00. The van der Waals surface area contributed by atoms with Crippen LogP contribution in [0.3, 0.4) is 0 Å². The highest BCUT2D eigenvalue weighted by Crippen LogP contribution is 2.02.